The van der Waals surface area contributed by atoms with Crippen molar-refractivity contribution in [2.75, 3.05) is 61.9 Å². The fourth-order valence-corrected chi connectivity index (χ4v) is 3.56. The number of hydrogen-bond acceptors (Lipinski definition) is 9. The Morgan fingerprint density at radius 3 is 2.50 bits per heavy atom. The lowest BCUT2D eigenvalue weighted by atomic mass is 10.2. The van der Waals surface area contributed by atoms with Crippen LogP contribution in [0.4, 0.5) is 17.7 Å². The Labute approximate surface area is 165 Å². The van der Waals surface area contributed by atoms with Gasteiger partial charge in [0.1, 0.15) is 5.82 Å². The third kappa shape index (κ3) is 4.00. The van der Waals surface area contributed by atoms with Crippen LogP contribution in [-0.4, -0.2) is 83.4 Å². The molecule has 9 nitrogen and oxygen atoms in total. The van der Waals surface area contributed by atoms with Crippen molar-refractivity contribution in [1.29, 1.82) is 0 Å². The molecule has 0 bridgehead atoms. The SMILES string of the molecule is C[C@H]1CN(c2cc(-c3cnc(N)nc3)nc(N3CCN(C)CC3)n2)[C@@H](C)CO1. The van der Waals surface area contributed by atoms with Gasteiger partial charge in [0, 0.05) is 56.7 Å². The van der Waals surface area contributed by atoms with Gasteiger partial charge in [-0.15, -0.1) is 0 Å². The van der Waals surface area contributed by atoms with Crippen molar-refractivity contribution in [3.8, 4) is 11.3 Å². The normalized spacial score (nSPS) is 23.8. The van der Waals surface area contributed by atoms with E-state index in [-0.39, 0.29) is 18.1 Å². The molecule has 2 N–H and O–H groups in total. The zero-order valence-electron chi connectivity index (χ0n) is 16.7. The predicted octanol–water partition coefficient (Wildman–Crippen LogP) is 0.881. The molecule has 0 saturated carbocycles. The van der Waals surface area contributed by atoms with E-state index in [0.29, 0.717) is 6.61 Å². The van der Waals surface area contributed by atoms with E-state index in [9.17, 15) is 0 Å². The van der Waals surface area contributed by atoms with Gasteiger partial charge in [0.05, 0.1) is 24.4 Å². The third-order valence-corrected chi connectivity index (χ3v) is 5.36. The Morgan fingerprint density at radius 1 is 1.07 bits per heavy atom. The maximum absolute atomic E-state index is 5.79. The summed E-state index contributed by atoms with van der Waals surface area (Å²) in [5.41, 5.74) is 7.30. The van der Waals surface area contributed by atoms with E-state index in [4.69, 9.17) is 20.4 Å². The van der Waals surface area contributed by atoms with Crippen LogP contribution in [0.5, 0.6) is 0 Å². The maximum atomic E-state index is 5.79. The number of likely N-dealkylation sites (N-methyl/N-ethyl adjacent to an activating group) is 1. The summed E-state index contributed by atoms with van der Waals surface area (Å²) < 4.78 is 5.79. The van der Waals surface area contributed by atoms with Gasteiger partial charge in [0.25, 0.3) is 0 Å². The van der Waals surface area contributed by atoms with Gasteiger partial charge in [0.15, 0.2) is 0 Å². The van der Waals surface area contributed by atoms with Crippen LogP contribution in [0.3, 0.4) is 0 Å². The Kier molecular flexibility index (Phi) is 5.27. The highest BCUT2D eigenvalue weighted by molar-refractivity contribution is 5.64. The first-order chi connectivity index (χ1) is 13.5. The van der Waals surface area contributed by atoms with Gasteiger partial charge in [-0.05, 0) is 20.9 Å². The van der Waals surface area contributed by atoms with Crippen molar-refractivity contribution < 1.29 is 4.74 Å². The number of morpholine rings is 1. The summed E-state index contributed by atoms with van der Waals surface area (Å²) in [7, 11) is 2.14. The van der Waals surface area contributed by atoms with E-state index in [1.165, 1.54) is 0 Å². The van der Waals surface area contributed by atoms with Crippen LogP contribution in [0.1, 0.15) is 13.8 Å². The summed E-state index contributed by atoms with van der Waals surface area (Å²) in [5, 5.41) is 0. The van der Waals surface area contributed by atoms with Crippen LogP contribution in [-0.2, 0) is 4.74 Å². The highest BCUT2D eigenvalue weighted by atomic mass is 16.5. The second-order valence-electron chi connectivity index (χ2n) is 7.68. The first kappa shape index (κ1) is 18.8. The molecule has 0 radical (unpaired) electrons. The molecule has 2 aromatic heterocycles. The van der Waals surface area contributed by atoms with Crippen molar-refractivity contribution in [3.63, 3.8) is 0 Å². The number of ether oxygens (including phenoxy) is 1. The van der Waals surface area contributed by atoms with Gasteiger partial charge in [-0.3, -0.25) is 0 Å². The van der Waals surface area contributed by atoms with Crippen molar-refractivity contribution in [2.45, 2.75) is 26.0 Å². The molecule has 0 aromatic carbocycles. The molecule has 4 heterocycles. The van der Waals surface area contributed by atoms with Crippen LogP contribution >= 0.6 is 0 Å². The van der Waals surface area contributed by atoms with Crippen molar-refractivity contribution in [3.05, 3.63) is 18.5 Å². The molecule has 0 aliphatic carbocycles. The number of rotatable bonds is 3. The molecular formula is C19H28N8O. The molecule has 0 amide bonds. The molecular weight excluding hydrogens is 356 g/mol. The minimum absolute atomic E-state index is 0.168. The van der Waals surface area contributed by atoms with E-state index < -0.39 is 0 Å². The van der Waals surface area contributed by atoms with E-state index >= 15 is 0 Å². The smallest absolute Gasteiger partial charge is 0.227 e. The molecule has 0 spiro atoms. The van der Waals surface area contributed by atoms with E-state index in [1.54, 1.807) is 12.4 Å². The number of nitrogen functional groups attached to an aromatic ring is 1. The highest BCUT2D eigenvalue weighted by Gasteiger charge is 2.27. The monoisotopic (exact) mass is 384 g/mol. The summed E-state index contributed by atoms with van der Waals surface area (Å²) >= 11 is 0. The standard InChI is InChI=1S/C19H28N8O/c1-13-12-28-14(2)11-27(13)17-8-16(15-9-21-18(20)22-10-15)23-19(24-17)26-6-4-25(3)5-7-26/h8-10,13-14H,4-7,11-12H2,1-3H3,(H2,20,21,22)/t13-,14-/m0/s1. The lowest BCUT2D eigenvalue weighted by molar-refractivity contribution is 0.0340. The molecule has 2 aliphatic rings. The first-order valence-electron chi connectivity index (χ1n) is 9.78. The predicted molar refractivity (Wildman–Crippen MR) is 109 cm³/mol. The lowest BCUT2D eigenvalue weighted by Gasteiger charge is -2.38. The zero-order chi connectivity index (χ0) is 19.7. The second kappa shape index (κ2) is 7.84. The van der Waals surface area contributed by atoms with Gasteiger partial charge in [-0.2, -0.15) is 4.98 Å². The summed E-state index contributed by atoms with van der Waals surface area (Å²) in [6, 6.07) is 2.27. The average Bonchev–Trinajstić information content (AvgIpc) is 2.70. The van der Waals surface area contributed by atoms with Crippen LogP contribution in [0, 0.1) is 0 Å². The number of hydrogen-bond donors (Lipinski definition) is 1. The Balaban J connectivity index is 1.73. The van der Waals surface area contributed by atoms with E-state index in [0.717, 1.165) is 55.7 Å². The summed E-state index contributed by atoms with van der Waals surface area (Å²) in [4.78, 5) is 24.9. The summed E-state index contributed by atoms with van der Waals surface area (Å²) in [6.45, 7) is 9.57. The fourth-order valence-electron chi connectivity index (χ4n) is 3.56. The minimum Gasteiger partial charge on any atom is -0.375 e. The Morgan fingerprint density at radius 2 is 1.79 bits per heavy atom. The zero-order valence-corrected chi connectivity index (χ0v) is 16.7. The maximum Gasteiger partial charge on any atom is 0.227 e. The molecule has 2 fully saturated rings. The van der Waals surface area contributed by atoms with Gasteiger partial charge >= 0.3 is 0 Å². The molecule has 2 atom stereocenters. The quantitative estimate of drug-likeness (QED) is 0.827. The molecule has 28 heavy (non-hydrogen) atoms. The van der Waals surface area contributed by atoms with Crippen molar-refractivity contribution in [1.82, 2.24) is 24.8 Å². The van der Waals surface area contributed by atoms with Crippen LogP contribution in [0.15, 0.2) is 18.5 Å². The molecule has 9 heteroatoms. The van der Waals surface area contributed by atoms with E-state index in [1.807, 2.05) is 6.07 Å². The molecule has 2 aromatic rings. The van der Waals surface area contributed by atoms with Crippen LogP contribution in [0.25, 0.3) is 11.3 Å². The number of nitrogens with zero attached hydrogens (tertiary/aromatic N) is 7. The van der Waals surface area contributed by atoms with Gasteiger partial charge in [-0.1, -0.05) is 0 Å². The number of nitrogens with two attached hydrogens (primary N) is 1. The molecule has 2 aliphatic heterocycles. The topological polar surface area (TPSA) is 96.5 Å². The second-order valence-corrected chi connectivity index (χ2v) is 7.68. The van der Waals surface area contributed by atoms with Gasteiger partial charge in [0.2, 0.25) is 11.9 Å². The minimum atomic E-state index is 0.168. The third-order valence-electron chi connectivity index (χ3n) is 5.36. The lowest BCUT2D eigenvalue weighted by Crippen LogP contribution is -2.48. The van der Waals surface area contributed by atoms with Gasteiger partial charge in [-0.25, -0.2) is 15.0 Å². The molecule has 4 rings (SSSR count). The first-order valence-corrected chi connectivity index (χ1v) is 9.78. The fraction of sp³-hybridized carbons (Fsp3) is 0.579. The highest BCUT2D eigenvalue weighted by Crippen LogP contribution is 2.27. The van der Waals surface area contributed by atoms with Crippen molar-refractivity contribution >= 4 is 17.7 Å². The van der Waals surface area contributed by atoms with Crippen LogP contribution in [0.2, 0.25) is 0 Å². The number of piperazine rings is 1. The molecule has 150 valence electrons. The Bertz CT molecular complexity index is 806. The van der Waals surface area contributed by atoms with Crippen LogP contribution < -0.4 is 15.5 Å². The number of anilines is 3. The summed E-state index contributed by atoms with van der Waals surface area (Å²) in [5.74, 6) is 1.93. The molecule has 0 unspecified atom stereocenters. The van der Waals surface area contributed by atoms with Gasteiger partial charge < -0.3 is 25.2 Å². The van der Waals surface area contributed by atoms with Crippen molar-refractivity contribution in [2.24, 2.45) is 0 Å². The number of aromatic nitrogens is 4. The largest absolute Gasteiger partial charge is 0.375 e. The summed E-state index contributed by atoms with van der Waals surface area (Å²) in [6.07, 6.45) is 3.60. The Hall–Kier alpha value is -2.52. The van der Waals surface area contributed by atoms with E-state index in [2.05, 4.69) is 45.6 Å². The average molecular weight is 384 g/mol. The molecule has 2 saturated heterocycles.